The van der Waals surface area contributed by atoms with Crippen molar-refractivity contribution in [3.63, 3.8) is 0 Å². The number of benzene rings is 1. The normalized spacial score (nSPS) is 9.68. The number of hydrogen-bond acceptors (Lipinski definition) is 4. The topological polar surface area (TPSA) is 83.7 Å². The molecule has 0 aliphatic heterocycles. The van der Waals surface area contributed by atoms with Gasteiger partial charge in [-0.1, -0.05) is 18.2 Å². The Hall–Kier alpha value is -2.89. The second kappa shape index (κ2) is 7.78. The SMILES string of the molecule is C=CCN(CC=C)C(=O)C(=O)N(C(C)=O)c1cccc(N)c1. The average molecular weight is 301 g/mol. The van der Waals surface area contributed by atoms with Crippen LogP contribution in [-0.4, -0.2) is 35.7 Å². The molecule has 6 nitrogen and oxygen atoms in total. The molecule has 1 aromatic carbocycles. The van der Waals surface area contributed by atoms with Crippen LogP contribution in [0.2, 0.25) is 0 Å². The van der Waals surface area contributed by atoms with Gasteiger partial charge in [-0.15, -0.1) is 13.2 Å². The number of nitrogens with zero attached hydrogens (tertiary/aromatic N) is 2. The van der Waals surface area contributed by atoms with Gasteiger partial charge < -0.3 is 10.6 Å². The maximum Gasteiger partial charge on any atom is 0.323 e. The standard InChI is InChI=1S/C16H19N3O3/c1-4-9-18(10-5-2)15(21)16(22)19(12(3)20)14-8-6-7-13(17)11-14/h4-8,11H,1-2,9-10,17H2,3H3. The molecule has 1 aromatic rings. The molecule has 0 aliphatic carbocycles. The van der Waals surface area contributed by atoms with Crippen LogP contribution in [0.4, 0.5) is 11.4 Å². The fourth-order valence-corrected chi connectivity index (χ4v) is 1.89. The molecule has 0 fully saturated rings. The van der Waals surface area contributed by atoms with E-state index in [1.54, 1.807) is 12.1 Å². The van der Waals surface area contributed by atoms with Gasteiger partial charge in [-0.2, -0.15) is 0 Å². The summed E-state index contributed by atoms with van der Waals surface area (Å²) in [6.45, 7) is 8.64. The number of carbonyl (C=O) groups excluding carboxylic acids is 3. The zero-order valence-electron chi connectivity index (χ0n) is 12.5. The Morgan fingerprint density at radius 3 is 2.18 bits per heavy atom. The summed E-state index contributed by atoms with van der Waals surface area (Å²) in [5.41, 5.74) is 6.30. The lowest BCUT2D eigenvalue weighted by Crippen LogP contribution is -2.47. The van der Waals surface area contributed by atoms with Gasteiger partial charge in [-0.25, -0.2) is 4.90 Å². The molecule has 0 saturated carbocycles. The highest BCUT2D eigenvalue weighted by atomic mass is 16.2. The summed E-state index contributed by atoms with van der Waals surface area (Å²) in [5.74, 6) is -2.32. The number of anilines is 2. The van der Waals surface area contributed by atoms with Gasteiger partial charge in [0.2, 0.25) is 5.91 Å². The monoisotopic (exact) mass is 301 g/mol. The summed E-state index contributed by atoms with van der Waals surface area (Å²) in [6.07, 6.45) is 2.99. The number of carbonyl (C=O) groups is 3. The molecule has 116 valence electrons. The molecule has 6 heteroatoms. The summed E-state index contributed by atoms with van der Waals surface area (Å²) in [5, 5.41) is 0. The van der Waals surface area contributed by atoms with Crippen LogP contribution in [0.1, 0.15) is 6.92 Å². The summed E-state index contributed by atoms with van der Waals surface area (Å²) in [4.78, 5) is 38.5. The van der Waals surface area contributed by atoms with Crippen molar-refractivity contribution in [2.24, 2.45) is 0 Å². The molecule has 0 aromatic heterocycles. The van der Waals surface area contributed by atoms with Gasteiger partial charge in [0.1, 0.15) is 0 Å². The summed E-state index contributed by atoms with van der Waals surface area (Å²) >= 11 is 0. The van der Waals surface area contributed by atoms with E-state index >= 15 is 0 Å². The van der Waals surface area contributed by atoms with Crippen molar-refractivity contribution < 1.29 is 14.4 Å². The minimum Gasteiger partial charge on any atom is -0.399 e. The molecule has 0 bridgehead atoms. The van der Waals surface area contributed by atoms with Gasteiger partial charge in [0, 0.05) is 25.7 Å². The van der Waals surface area contributed by atoms with E-state index in [0.29, 0.717) is 5.69 Å². The first-order chi connectivity index (χ1) is 10.4. The predicted octanol–water partition coefficient (Wildman–Crippen LogP) is 1.35. The number of imide groups is 1. The minimum absolute atomic E-state index is 0.180. The van der Waals surface area contributed by atoms with Crippen LogP contribution in [0.25, 0.3) is 0 Å². The van der Waals surface area contributed by atoms with E-state index in [9.17, 15) is 14.4 Å². The Morgan fingerprint density at radius 2 is 1.73 bits per heavy atom. The molecule has 3 amide bonds. The second-order valence-electron chi connectivity index (χ2n) is 4.54. The Balaban J connectivity index is 3.12. The zero-order valence-corrected chi connectivity index (χ0v) is 12.5. The number of rotatable bonds is 5. The smallest absolute Gasteiger partial charge is 0.323 e. The second-order valence-corrected chi connectivity index (χ2v) is 4.54. The van der Waals surface area contributed by atoms with E-state index in [4.69, 9.17) is 5.73 Å². The van der Waals surface area contributed by atoms with Gasteiger partial charge in [-0.3, -0.25) is 14.4 Å². The first-order valence-electron chi connectivity index (χ1n) is 6.63. The van der Waals surface area contributed by atoms with E-state index in [0.717, 1.165) is 4.90 Å². The molecule has 22 heavy (non-hydrogen) atoms. The summed E-state index contributed by atoms with van der Waals surface area (Å²) < 4.78 is 0. The van der Waals surface area contributed by atoms with Crippen molar-refractivity contribution >= 4 is 29.1 Å². The van der Waals surface area contributed by atoms with Crippen LogP contribution in [0, 0.1) is 0 Å². The van der Waals surface area contributed by atoms with Crippen molar-refractivity contribution in [2.75, 3.05) is 23.7 Å². The van der Waals surface area contributed by atoms with Crippen molar-refractivity contribution in [1.29, 1.82) is 0 Å². The van der Waals surface area contributed by atoms with Crippen LogP contribution in [0.5, 0.6) is 0 Å². The van der Waals surface area contributed by atoms with Crippen LogP contribution in [0.15, 0.2) is 49.6 Å². The maximum absolute atomic E-state index is 12.4. The molecule has 0 aliphatic rings. The average Bonchev–Trinajstić information content (AvgIpc) is 2.46. The molecule has 0 saturated heterocycles. The molecular weight excluding hydrogens is 282 g/mol. The lowest BCUT2D eigenvalue weighted by molar-refractivity contribution is -0.145. The Kier molecular flexibility index (Phi) is 6.07. The van der Waals surface area contributed by atoms with Crippen LogP contribution < -0.4 is 10.6 Å². The fraction of sp³-hybridized carbons (Fsp3) is 0.188. The highest BCUT2D eigenvalue weighted by Gasteiger charge is 2.29. The molecule has 1 rings (SSSR count). The number of amides is 3. The van der Waals surface area contributed by atoms with Gasteiger partial charge in [-0.05, 0) is 18.2 Å². The van der Waals surface area contributed by atoms with Crippen molar-refractivity contribution in [3.8, 4) is 0 Å². The van der Waals surface area contributed by atoms with Crippen molar-refractivity contribution in [1.82, 2.24) is 4.90 Å². The van der Waals surface area contributed by atoms with E-state index < -0.39 is 17.7 Å². The van der Waals surface area contributed by atoms with Crippen LogP contribution in [-0.2, 0) is 14.4 Å². The molecule has 2 N–H and O–H groups in total. The third kappa shape index (κ3) is 4.05. The maximum atomic E-state index is 12.4. The molecular formula is C16H19N3O3. The van der Waals surface area contributed by atoms with Crippen molar-refractivity contribution in [3.05, 3.63) is 49.6 Å². The van der Waals surface area contributed by atoms with E-state index in [-0.39, 0.29) is 18.8 Å². The Bertz CT molecular complexity index is 600. The first kappa shape index (κ1) is 17.2. The molecule has 0 radical (unpaired) electrons. The quantitative estimate of drug-likeness (QED) is 0.505. The summed E-state index contributed by atoms with van der Waals surface area (Å²) in [6, 6.07) is 6.21. The molecule has 0 unspecified atom stereocenters. The van der Waals surface area contributed by atoms with E-state index in [2.05, 4.69) is 13.2 Å². The third-order valence-electron chi connectivity index (χ3n) is 2.82. The highest BCUT2D eigenvalue weighted by Crippen LogP contribution is 2.18. The van der Waals surface area contributed by atoms with Gasteiger partial charge in [0.25, 0.3) is 0 Å². The lowest BCUT2D eigenvalue weighted by atomic mass is 10.2. The zero-order chi connectivity index (χ0) is 16.7. The van der Waals surface area contributed by atoms with E-state index in [1.807, 2.05) is 0 Å². The van der Waals surface area contributed by atoms with Gasteiger partial charge in [0.15, 0.2) is 0 Å². The molecule has 0 atom stereocenters. The fourth-order valence-electron chi connectivity index (χ4n) is 1.89. The van der Waals surface area contributed by atoms with Crippen LogP contribution >= 0.6 is 0 Å². The molecule has 0 heterocycles. The largest absolute Gasteiger partial charge is 0.399 e. The van der Waals surface area contributed by atoms with Crippen LogP contribution in [0.3, 0.4) is 0 Å². The van der Waals surface area contributed by atoms with Gasteiger partial charge >= 0.3 is 11.8 Å². The number of hydrogen-bond donors (Lipinski definition) is 1. The Labute approximate surface area is 129 Å². The third-order valence-corrected chi connectivity index (χ3v) is 2.82. The molecule has 0 spiro atoms. The van der Waals surface area contributed by atoms with E-state index in [1.165, 1.54) is 36.1 Å². The lowest BCUT2D eigenvalue weighted by Gasteiger charge is -2.24. The Morgan fingerprint density at radius 1 is 1.14 bits per heavy atom. The predicted molar refractivity (Wildman–Crippen MR) is 86.0 cm³/mol. The minimum atomic E-state index is -0.943. The highest BCUT2D eigenvalue weighted by molar-refractivity contribution is 6.45. The van der Waals surface area contributed by atoms with Gasteiger partial charge in [0.05, 0.1) is 5.69 Å². The first-order valence-corrected chi connectivity index (χ1v) is 6.63. The summed E-state index contributed by atoms with van der Waals surface area (Å²) in [7, 11) is 0. The van der Waals surface area contributed by atoms with Crippen molar-refractivity contribution in [2.45, 2.75) is 6.92 Å². The number of nitrogens with two attached hydrogens (primary N) is 1. The number of nitrogen functional groups attached to an aromatic ring is 1.